The summed E-state index contributed by atoms with van der Waals surface area (Å²) in [5.74, 6) is 1.41. The van der Waals surface area contributed by atoms with Crippen molar-refractivity contribution in [2.45, 2.75) is 12.5 Å². The highest BCUT2D eigenvalue weighted by Gasteiger charge is 2.23. The number of ether oxygens (including phenoxy) is 2. The van der Waals surface area contributed by atoms with Gasteiger partial charge < -0.3 is 19.4 Å². The van der Waals surface area contributed by atoms with Gasteiger partial charge in [0, 0.05) is 18.1 Å². The zero-order valence-electron chi connectivity index (χ0n) is 9.84. The minimum atomic E-state index is -0.253. The van der Waals surface area contributed by atoms with Gasteiger partial charge in [-0.2, -0.15) is 0 Å². The minimum absolute atomic E-state index is 0.0362. The van der Waals surface area contributed by atoms with Crippen LogP contribution in [-0.4, -0.2) is 37.7 Å². The lowest BCUT2D eigenvalue weighted by molar-refractivity contribution is 0.0390. The van der Waals surface area contributed by atoms with Crippen molar-refractivity contribution in [3.05, 3.63) is 23.8 Å². The van der Waals surface area contributed by atoms with Crippen molar-refractivity contribution in [2.24, 2.45) is 5.16 Å². The Morgan fingerprint density at radius 2 is 2.24 bits per heavy atom. The van der Waals surface area contributed by atoms with Crippen molar-refractivity contribution in [3.63, 3.8) is 0 Å². The molecule has 92 valence electrons. The molecule has 5 nitrogen and oxygen atoms in total. The van der Waals surface area contributed by atoms with Crippen molar-refractivity contribution in [1.82, 2.24) is 0 Å². The highest BCUT2D eigenvalue weighted by atomic mass is 16.6. The van der Waals surface area contributed by atoms with Gasteiger partial charge in [0.2, 0.25) is 0 Å². The summed E-state index contributed by atoms with van der Waals surface area (Å²) >= 11 is 0. The van der Waals surface area contributed by atoms with Gasteiger partial charge in [-0.3, -0.25) is 0 Å². The van der Waals surface area contributed by atoms with Gasteiger partial charge in [0.1, 0.15) is 11.5 Å². The van der Waals surface area contributed by atoms with Crippen LogP contribution in [0.25, 0.3) is 0 Å². The van der Waals surface area contributed by atoms with Gasteiger partial charge >= 0.3 is 0 Å². The second kappa shape index (κ2) is 5.05. The molecule has 17 heavy (non-hydrogen) atoms. The molecular formula is C12H15NO4. The number of hydrogen-bond acceptors (Lipinski definition) is 5. The van der Waals surface area contributed by atoms with Crippen LogP contribution in [0.5, 0.6) is 11.5 Å². The molecule has 0 spiro atoms. The van der Waals surface area contributed by atoms with E-state index in [4.69, 9.17) is 19.4 Å². The lowest BCUT2D eigenvalue weighted by atomic mass is 10.0. The van der Waals surface area contributed by atoms with E-state index in [1.54, 1.807) is 20.3 Å². The third-order valence-electron chi connectivity index (χ3n) is 2.66. The van der Waals surface area contributed by atoms with Crippen LogP contribution in [-0.2, 0) is 4.84 Å². The topological polar surface area (TPSA) is 60.3 Å². The third-order valence-corrected chi connectivity index (χ3v) is 2.66. The minimum Gasteiger partial charge on any atom is -0.497 e. The van der Waals surface area contributed by atoms with Gasteiger partial charge in [-0.1, -0.05) is 5.16 Å². The average molecular weight is 237 g/mol. The van der Waals surface area contributed by atoms with E-state index in [9.17, 15) is 0 Å². The first-order valence-electron chi connectivity index (χ1n) is 5.34. The monoisotopic (exact) mass is 237 g/mol. The highest BCUT2D eigenvalue weighted by molar-refractivity contribution is 6.03. The molecule has 1 heterocycles. The van der Waals surface area contributed by atoms with E-state index in [2.05, 4.69) is 5.16 Å². The first-order valence-corrected chi connectivity index (χ1v) is 5.34. The Labute approximate surface area is 99.6 Å². The predicted molar refractivity (Wildman–Crippen MR) is 62.7 cm³/mol. The highest BCUT2D eigenvalue weighted by Crippen LogP contribution is 2.28. The van der Waals surface area contributed by atoms with Crippen LogP contribution < -0.4 is 9.47 Å². The first-order chi connectivity index (χ1) is 8.28. The molecule has 1 aliphatic heterocycles. The second-order valence-corrected chi connectivity index (χ2v) is 3.72. The summed E-state index contributed by atoms with van der Waals surface area (Å²) in [6.45, 7) is -0.0362. The normalized spacial score (nSPS) is 18.5. The average Bonchev–Trinajstić information content (AvgIpc) is 2.86. The summed E-state index contributed by atoms with van der Waals surface area (Å²) in [6.07, 6.45) is 0.330. The predicted octanol–water partition coefficient (Wildman–Crippen LogP) is 1.19. The fourth-order valence-corrected chi connectivity index (χ4v) is 1.72. The number of benzene rings is 1. The molecule has 5 heteroatoms. The van der Waals surface area contributed by atoms with Crippen molar-refractivity contribution in [3.8, 4) is 11.5 Å². The lowest BCUT2D eigenvalue weighted by Gasteiger charge is -2.09. The van der Waals surface area contributed by atoms with E-state index >= 15 is 0 Å². The maximum absolute atomic E-state index is 8.99. The van der Waals surface area contributed by atoms with Crippen LogP contribution in [0, 0.1) is 0 Å². The fourth-order valence-electron chi connectivity index (χ4n) is 1.72. The van der Waals surface area contributed by atoms with Gasteiger partial charge in [-0.25, -0.2) is 0 Å². The molecule has 1 unspecified atom stereocenters. The molecule has 1 atom stereocenters. The molecule has 1 aliphatic rings. The Balaban J connectivity index is 2.27. The molecule has 0 saturated heterocycles. The van der Waals surface area contributed by atoms with Crippen molar-refractivity contribution < 1.29 is 19.4 Å². The van der Waals surface area contributed by atoms with Gasteiger partial charge in [-0.15, -0.1) is 0 Å². The molecule has 0 fully saturated rings. The van der Waals surface area contributed by atoms with Crippen molar-refractivity contribution in [1.29, 1.82) is 0 Å². The number of aliphatic hydroxyl groups is 1. The molecule has 0 bridgehead atoms. The number of rotatable bonds is 4. The second-order valence-electron chi connectivity index (χ2n) is 3.72. The zero-order chi connectivity index (χ0) is 12.3. The van der Waals surface area contributed by atoms with Crippen LogP contribution in [0.3, 0.4) is 0 Å². The molecule has 0 amide bonds. The molecule has 0 aliphatic carbocycles. The zero-order valence-corrected chi connectivity index (χ0v) is 9.84. The summed E-state index contributed by atoms with van der Waals surface area (Å²) in [7, 11) is 3.20. The van der Waals surface area contributed by atoms with E-state index in [0.29, 0.717) is 12.2 Å². The van der Waals surface area contributed by atoms with Crippen LogP contribution in [0.2, 0.25) is 0 Å². The summed E-state index contributed by atoms with van der Waals surface area (Å²) in [5, 5.41) is 12.9. The van der Waals surface area contributed by atoms with E-state index in [-0.39, 0.29) is 12.7 Å². The van der Waals surface area contributed by atoms with E-state index in [0.717, 1.165) is 17.0 Å². The van der Waals surface area contributed by atoms with Crippen LogP contribution in [0.15, 0.2) is 23.4 Å². The van der Waals surface area contributed by atoms with E-state index in [1.165, 1.54) is 0 Å². The molecule has 0 aromatic heterocycles. The number of nitrogens with zero attached hydrogens (tertiary/aromatic N) is 1. The van der Waals surface area contributed by atoms with E-state index < -0.39 is 0 Å². The lowest BCUT2D eigenvalue weighted by Crippen LogP contribution is -2.13. The smallest absolute Gasteiger partial charge is 0.156 e. The van der Waals surface area contributed by atoms with Gasteiger partial charge in [-0.05, 0) is 12.1 Å². The largest absolute Gasteiger partial charge is 0.497 e. The standard InChI is InChI=1S/C12H15NO4/c1-15-8-3-4-10(12(6-8)16-2)11-5-9(7-14)17-13-11/h3-4,6,9,14H,5,7H2,1-2H3. The SMILES string of the molecule is COc1ccc(C2=NOC(CO)C2)c(OC)c1. The van der Waals surface area contributed by atoms with Gasteiger partial charge in [0.25, 0.3) is 0 Å². The van der Waals surface area contributed by atoms with Crippen LogP contribution >= 0.6 is 0 Å². The molecule has 1 aromatic rings. The van der Waals surface area contributed by atoms with Crippen molar-refractivity contribution in [2.75, 3.05) is 20.8 Å². The number of methoxy groups -OCH3 is 2. The Morgan fingerprint density at radius 1 is 1.41 bits per heavy atom. The number of oxime groups is 1. The van der Waals surface area contributed by atoms with Crippen LogP contribution in [0.4, 0.5) is 0 Å². The molecule has 0 saturated carbocycles. The summed E-state index contributed by atoms with van der Waals surface area (Å²) < 4.78 is 10.4. The maximum Gasteiger partial charge on any atom is 0.156 e. The quantitative estimate of drug-likeness (QED) is 0.854. The summed E-state index contributed by atoms with van der Waals surface area (Å²) in [5.41, 5.74) is 1.65. The Bertz CT molecular complexity index is 431. The molecular weight excluding hydrogens is 222 g/mol. The third kappa shape index (κ3) is 2.34. The van der Waals surface area contributed by atoms with Gasteiger partial charge in [0.05, 0.1) is 26.5 Å². The van der Waals surface area contributed by atoms with Gasteiger partial charge in [0.15, 0.2) is 6.10 Å². The number of aliphatic hydroxyl groups excluding tert-OH is 1. The Kier molecular flexibility index (Phi) is 3.49. The molecule has 1 aromatic carbocycles. The summed E-state index contributed by atoms with van der Waals surface area (Å²) in [4.78, 5) is 5.08. The first kappa shape index (κ1) is 11.7. The number of hydrogen-bond donors (Lipinski definition) is 1. The van der Waals surface area contributed by atoms with Crippen molar-refractivity contribution >= 4 is 5.71 Å². The maximum atomic E-state index is 8.99. The Hall–Kier alpha value is -1.75. The van der Waals surface area contributed by atoms with E-state index in [1.807, 2.05) is 12.1 Å². The molecule has 0 radical (unpaired) electrons. The fraction of sp³-hybridized carbons (Fsp3) is 0.417. The summed E-state index contributed by atoms with van der Waals surface area (Å²) in [6, 6.07) is 5.51. The molecule has 1 N–H and O–H groups in total. The Morgan fingerprint density at radius 3 is 2.82 bits per heavy atom. The molecule has 2 rings (SSSR count). The van der Waals surface area contributed by atoms with Crippen LogP contribution in [0.1, 0.15) is 12.0 Å².